The molecule has 1 atom stereocenters. The highest BCUT2D eigenvalue weighted by Gasteiger charge is 2.16. The van der Waals surface area contributed by atoms with Crippen molar-refractivity contribution in [2.45, 2.75) is 32.2 Å². The number of fused-ring (bicyclic) bond motifs is 1. The van der Waals surface area contributed by atoms with Gasteiger partial charge in [-0.1, -0.05) is 13.0 Å². The van der Waals surface area contributed by atoms with Gasteiger partial charge in [-0.05, 0) is 48.3 Å². The Kier molecular flexibility index (Phi) is 4.75. The SMILES string of the molecule is CCSCCOc1ccc2c(c1)CCCC2N. The van der Waals surface area contributed by atoms with Gasteiger partial charge >= 0.3 is 0 Å². The van der Waals surface area contributed by atoms with Crippen LogP contribution in [0.2, 0.25) is 0 Å². The van der Waals surface area contributed by atoms with Gasteiger partial charge in [0, 0.05) is 11.8 Å². The largest absolute Gasteiger partial charge is 0.493 e. The second-order valence-corrected chi connectivity index (χ2v) is 5.80. The van der Waals surface area contributed by atoms with Crippen molar-refractivity contribution in [3.05, 3.63) is 29.3 Å². The zero-order valence-electron chi connectivity index (χ0n) is 10.4. The molecule has 94 valence electrons. The molecule has 0 amide bonds. The Balaban J connectivity index is 1.96. The zero-order chi connectivity index (χ0) is 12.1. The summed E-state index contributed by atoms with van der Waals surface area (Å²) in [4.78, 5) is 0. The third-order valence-electron chi connectivity index (χ3n) is 3.18. The van der Waals surface area contributed by atoms with Crippen LogP contribution in [0.4, 0.5) is 0 Å². The maximum Gasteiger partial charge on any atom is 0.119 e. The van der Waals surface area contributed by atoms with Gasteiger partial charge in [0.25, 0.3) is 0 Å². The van der Waals surface area contributed by atoms with Crippen molar-refractivity contribution in [3.63, 3.8) is 0 Å². The van der Waals surface area contributed by atoms with Gasteiger partial charge in [0.1, 0.15) is 5.75 Å². The van der Waals surface area contributed by atoms with Gasteiger partial charge in [-0.2, -0.15) is 11.8 Å². The lowest BCUT2D eigenvalue weighted by atomic mass is 9.88. The minimum Gasteiger partial charge on any atom is -0.493 e. The van der Waals surface area contributed by atoms with E-state index in [0.29, 0.717) is 0 Å². The van der Waals surface area contributed by atoms with E-state index < -0.39 is 0 Å². The van der Waals surface area contributed by atoms with Gasteiger partial charge < -0.3 is 10.5 Å². The standard InChI is InChI=1S/C14H21NOS/c1-2-17-9-8-16-12-6-7-13-11(10-12)4-3-5-14(13)15/h6-7,10,14H,2-5,8-9,15H2,1H3. The molecule has 1 unspecified atom stereocenters. The smallest absolute Gasteiger partial charge is 0.119 e. The zero-order valence-corrected chi connectivity index (χ0v) is 11.3. The van der Waals surface area contributed by atoms with E-state index >= 15 is 0 Å². The van der Waals surface area contributed by atoms with Crippen molar-refractivity contribution in [1.82, 2.24) is 0 Å². The molecule has 1 aromatic rings. The van der Waals surface area contributed by atoms with Gasteiger partial charge in [-0.25, -0.2) is 0 Å². The molecule has 2 nitrogen and oxygen atoms in total. The Hall–Kier alpha value is -0.670. The van der Waals surface area contributed by atoms with Gasteiger partial charge in [0.2, 0.25) is 0 Å². The minimum atomic E-state index is 0.225. The predicted octanol–water partition coefficient (Wildman–Crippen LogP) is 3.15. The van der Waals surface area contributed by atoms with Crippen LogP contribution in [0.5, 0.6) is 5.75 Å². The normalized spacial score (nSPS) is 18.8. The van der Waals surface area contributed by atoms with Crippen molar-refractivity contribution in [2.24, 2.45) is 5.73 Å². The average molecular weight is 251 g/mol. The van der Waals surface area contributed by atoms with Gasteiger partial charge in [0.15, 0.2) is 0 Å². The molecule has 0 aliphatic heterocycles. The van der Waals surface area contributed by atoms with Crippen molar-refractivity contribution < 1.29 is 4.74 Å². The van der Waals surface area contributed by atoms with Crippen LogP contribution in [0.15, 0.2) is 18.2 Å². The highest BCUT2D eigenvalue weighted by molar-refractivity contribution is 7.99. The Bertz CT molecular complexity index is 367. The van der Waals surface area contributed by atoms with Crippen LogP contribution in [-0.4, -0.2) is 18.1 Å². The Labute approximate surface area is 108 Å². The summed E-state index contributed by atoms with van der Waals surface area (Å²) in [6, 6.07) is 6.59. The number of thioether (sulfide) groups is 1. The van der Waals surface area contributed by atoms with E-state index in [1.54, 1.807) is 0 Å². The van der Waals surface area contributed by atoms with Gasteiger partial charge in [-0.3, -0.25) is 0 Å². The fourth-order valence-electron chi connectivity index (χ4n) is 2.28. The van der Waals surface area contributed by atoms with E-state index in [1.807, 2.05) is 11.8 Å². The first kappa shape index (κ1) is 12.8. The summed E-state index contributed by atoms with van der Waals surface area (Å²) >= 11 is 1.91. The summed E-state index contributed by atoms with van der Waals surface area (Å²) in [7, 11) is 0. The fraction of sp³-hybridized carbons (Fsp3) is 0.571. The number of hydrogen-bond donors (Lipinski definition) is 1. The lowest BCUT2D eigenvalue weighted by Gasteiger charge is -2.22. The quantitative estimate of drug-likeness (QED) is 0.816. The van der Waals surface area contributed by atoms with E-state index in [9.17, 15) is 0 Å². The van der Waals surface area contributed by atoms with Crippen LogP contribution in [-0.2, 0) is 6.42 Å². The molecule has 17 heavy (non-hydrogen) atoms. The highest BCUT2D eigenvalue weighted by atomic mass is 32.2. The summed E-state index contributed by atoms with van der Waals surface area (Å²) in [5.41, 5.74) is 8.78. The molecule has 2 N–H and O–H groups in total. The first-order chi connectivity index (χ1) is 8.31. The maximum atomic E-state index is 6.09. The molecule has 0 radical (unpaired) electrons. The molecular formula is C14H21NOS. The van der Waals surface area contributed by atoms with Crippen LogP contribution in [0, 0.1) is 0 Å². The third kappa shape index (κ3) is 3.39. The molecule has 0 aromatic heterocycles. The molecule has 1 aliphatic rings. The van der Waals surface area contributed by atoms with Crippen molar-refractivity contribution in [3.8, 4) is 5.75 Å². The number of rotatable bonds is 5. The Morgan fingerprint density at radius 1 is 1.47 bits per heavy atom. The van der Waals surface area contributed by atoms with E-state index in [0.717, 1.165) is 36.7 Å². The molecule has 1 aliphatic carbocycles. The van der Waals surface area contributed by atoms with E-state index in [2.05, 4.69) is 25.1 Å². The number of ether oxygens (including phenoxy) is 1. The number of hydrogen-bond acceptors (Lipinski definition) is 3. The monoisotopic (exact) mass is 251 g/mol. The summed E-state index contributed by atoms with van der Waals surface area (Å²) in [5.74, 6) is 3.21. The molecular weight excluding hydrogens is 230 g/mol. The van der Waals surface area contributed by atoms with Gasteiger partial charge in [-0.15, -0.1) is 0 Å². The van der Waals surface area contributed by atoms with Crippen LogP contribution in [0.1, 0.15) is 36.9 Å². The minimum absolute atomic E-state index is 0.225. The Morgan fingerprint density at radius 2 is 2.35 bits per heavy atom. The number of aryl methyl sites for hydroxylation is 1. The van der Waals surface area contributed by atoms with Crippen LogP contribution in [0.3, 0.4) is 0 Å². The summed E-state index contributed by atoms with van der Waals surface area (Å²) in [5, 5.41) is 0. The molecule has 0 saturated carbocycles. The topological polar surface area (TPSA) is 35.2 Å². The number of nitrogens with two attached hydrogens (primary N) is 1. The third-order valence-corrected chi connectivity index (χ3v) is 4.04. The molecule has 0 saturated heterocycles. The number of benzene rings is 1. The molecule has 1 aromatic carbocycles. The lowest BCUT2D eigenvalue weighted by Crippen LogP contribution is -2.17. The first-order valence-electron chi connectivity index (χ1n) is 6.40. The Morgan fingerprint density at radius 3 is 3.18 bits per heavy atom. The van der Waals surface area contributed by atoms with E-state index in [-0.39, 0.29) is 6.04 Å². The average Bonchev–Trinajstić information content (AvgIpc) is 2.35. The fourth-order valence-corrected chi connectivity index (χ4v) is 2.77. The molecule has 3 heteroatoms. The molecule has 0 fully saturated rings. The van der Waals surface area contributed by atoms with Crippen molar-refractivity contribution in [1.29, 1.82) is 0 Å². The molecule has 0 heterocycles. The van der Waals surface area contributed by atoms with E-state index in [4.69, 9.17) is 10.5 Å². The van der Waals surface area contributed by atoms with Crippen LogP contribution in [0.25, 0.3) is 0 Å². The van der Waals surface area contributed by atoms with Crippen LogP contribution >= 0.6 is 11.8 Å². The molecule has 2 rings (SSSR count). The molecule has 0 bridgehead atoms. The highest BCUT2D eigenvalue weighted by Crippen LogP contribution is 2.30. The first-order valence-corrected chi connectivity index (χ1v) is 7.55. The maximum absolute atomic E-state index is 6.09. The molecule has 0 spiro atoms. The van der Waals surface area contributed by atoms with Crippen LogP contribution < -0.4 is 10.5 Å². The second-order valence-electron chi connectivity index (χ2n) is 4.40. The lowest BCUT2D eigenvalue weighted by molar-refractivity contribution is 0.343. The predicted molar refractivity (Wildman–Crippen MR) is 74.8 cm³/mol. The second kappa shape index (κ2) is 6.31. The van der Waals surface area contributed by atoms with E-state index in [1.165, 1.54) is 17.5 Å². The van der Waals surface area contributed by atoms with Crippen molar-refractivity contribution >= 4 is 11.8 Å². The van der Waals surface area contributed by atoms with Gasteiger partial charge in [0.05, 0.1) is 6.61 Å². The van der Waals surface area contributed by atoms with Crippen molar-refractivity contribution in [2.75, 3.05) is 18.1 Å². The summed E-state index contributed by atoms with van der Waals surface area (Å²) in [6.07, 6.45) is 3.45. The summed E-state index contributed by atoms with van der Waals surface area (Å²) < 4.78 is 5.75. The summed E-state index contributed by atoms with van der Waals surface area (Å²) in [6.45, 7) is 2.97.